The average Bonchev–Trinajstić information content (AvgIpc) is 2.66. The summed E-state index contributed by atoms with van der Waals surface area (Å²) in [5.41, 5.74) is 2.40. The van der Waals surface area contributed by atoms with Crippen molar-refractivity contribution in [2.75, 3.05) is 12.3 Å². The van der Waals surface area contributed by atoms with Crippen LogP contribution < -0.4 is 4.74 Å². The first-order valence-corrected chi connectivity index (χ1v) is 10.8. The molecule has 0 aliphatic carbocycles. The van der Waals surface area contributed by atoms with Crippen molar-refractivity contribution < 1.29 is 17.9 Å². The summed E-state index contributed by atoms with van der Waals surface area (Å²) < 4.78 is 30.6. The first-order valence-electron chi connectivity index (χ1n) is 9.19. The second kappa shape index (κ2) is 8.13. The minimum absolute atomic E-state index is 0.00521. The highest BCUT2D eigenvalue weighted by Gasteiger charge is 2.23. The molecular formula is C21H25NO4S. The lowest BCUT2D eigenvalue weighted by molar-refractivity contribution is -0.131. The Morgan fingerprint density at radius 2 is 1.74 bits per heavy atom. The van der Waals surface area contributed by atoms with Gasteiger partial charge in [0.2, 0.25) is 5.91 Å². The molecule has 0 bridgehead atoms. The van der Waals surface area contributed by atoms with Gasteiger partial charge in [0.25, 0.3) is 0 Å². The molecule has 5 nitrogen and oxygen atoms in total. The van der Waals surface area contributed by atoms with Crippen LogP contribution in [0, 0.1) is 0 Å². The lowest BCUT2D eigenvalue weighted by Crippen LogP contribution is -2.36. The molecule has 2 aromatic carbocycles. The quantitative estimate of drug-likeness (QED) is 0.763. The van der Waals surface area contributed by atoms with Gasteiger partial charge in [0.05, 0.1) is 16.8 Å². The molecule has 1 amide bonds. The maximum Gasteiger partial charge on any atom is 0.223 e. The summed E-state index contributed by atoms with van der Waals surface area (Å²) in [6.07, 6.45) is 0.834. The highest BCUT2D eigenvalue weighted by atomic mass is 32.2. The van der Waals surface area contributed by atoms with Crippen LogP contribution in [-0.4, -0.2) is 37.6 Å². The van der Waals surface area contributed by atoms with E-state index in [0.29, 0.717) is 18.8 Å². The van der Waals surface area contributed by atoms with Crippen LogP contribution in [0.25, 0.3) is 0 Å². The number of hydrogen-bond donors (Lipinski definition) is 0. The van der Waals surface area contributed by atoms with Crippen LogP contribution in [0.3, 0.4) is 0 Å². The number of ether oxygens (including phenoxy) is 1. The van der Waals surface area contributed by atoms with Gasteiger partial charge in [0.15, 0.2) is 9.84 Å². The minimum atomic E-state index is -3.50. The van der Waals surface area contributed by atoms with Gasteiger partial charge in [-0.25, -0.2) is 8.42 Å². The molecule has 0 atom stereocenters. The summed E-state index contributed by atoms with van der Waals surface area (Å²) in [6, 6.07) is 14.4. The van der Waals surface area contributed by atoms with Crippen molar-refractivity contribution in [1.82, 2.24) is 4.90 Å². The SMILES string of the molecule is CC(C)Oc1ccc(S(=O)(=O)CCC(=O)N2CCc3ccccc3C2)cc1. The second-order valence-corrected chi connectivity index (χ2v) is 9.15. The van der Waals surface area contributed by atoms with E-state index >= 15 is 0 Å². The molecule has 0 saturated heterocycles. The Morgan fingerprint density at radius 1 is 1.07 bits per heavy atom. The standard InChI is InChI=1S/C21H25NO4S/c1-16(2)26-19-7-9-20(10-8-19)27(24,25)14-12-21(23)22-13-11-17-5-3-4-6-18(17)15-22/h3-10,16H,11-15H2,1-2H3. The van der Waals surface area contributed by atoms with Gasteiger partial charge in [-0.1, -0.05) is 24.3 Å². The Bertz CT molecular complexity index is 904. The highest BCUT2D eigenvalue weighted by molar-refractivity contribution is 7.91. The van der Waals surface area contributed by atoms with Crippen LogP contribution in [0.15, 0.2) is 53.4 Å². The number of hydrogen-bond acceptors (Lipinski definition) is 4. The fourth-order valence-corrected chi connectivity index (χ4v) is 4.43. The number of benzene rings is 2. The van der Waals surface area contributed by atoms with E-state index in [2.05, 4.69) is 6.07 Å². The van der Waals surface area contributed by atoms with Gasteiger partial charge in [-0.05, 0) is 55.7 Å². The molecule has 0 fully saturated rings. The van der Waals surface area contributed by atoms with Crippen molar-refractivity contribution in [3.05, 3.63) is 59.7 Å². The predicted molar refractivity (Wildman–Crippen MR) is 104 cm³/mol. The number of carbonyl (C=O) groups is 1. The molecule has 0 N–H and O–H groups in total. The molecule has 0 aromatic heterocycles. The summed E-state index contributed by atoms with van der Waals surface area (Å²) in [4.78, 5) is 14.5. The molecule has 1 aliphatic heterocycles. The lowest BCUT2D eigenvalue weighted by Gasteiger charge is -2.29. The molecule has 0 spiro atoms. The van der Waals surface area contributed by atoms with E-state index in [1.807, 2.05) is 32.0 Å². The zero-order chi connectivity index (χ0) is 19.4. The lowest BCUT2D eigenvalue weighted by atomic mass is 10.00. The number of fused-ring (bicyclic) bond motifs is 1. The van der Waals surface area contributed by atoms with Gasteiger partial charge in [-0.2, -0.15) is 0 Å². The number of carbonyl (C=O) groups excluding carboxylic acids is 1. The molecule has 0 saturated carbocycles. The number of sulfone groups is 1. The van der Waals surface area contributed by atoms with Crippen molar-refractivity contribution in [3.8, 4) is 5.75 Å². The topological polar surface area (TPSA) is 63.7 Å². The molecule has 27 heavy (non-hydrogen) atoms. The fraction of sp³-hybridized carbons (Fsp3) is 0.381. The summed E-state index contributed by atoms with van der Waals surface area (Å²) in [5.74, 6) is 0.328. The molecule has 2 aromatic rings. The van der Waals surface area contributed by atoms with Crippen molar-refractivity contribution in [2.45, 2.75) is 44.2 Å². The number of nitrogens with zero attached hydrogens (tertiary/aromatic N) is 1. The van der Waals surface area contributed by atoms with Crippen molar-refractivity contribution in [3.63, 3.8) is 0 Å². The molecule has 0 unspecified atom stereocenters. The maximum absolute atomic E-state index is 12.5. The molecule has 1 heterocycles. The van der Waals surface area contributed by atoms with Crippen LogP contribution >= 0.6 is 0 Å². The van der Waals surface area contributed by atoms with E-state index in [1.54, 1.807) is 17.0 Å². The van der Waals surface area contributed by atoms with Crippen molar-refractivity contribution in [1.29, 1.82) is 0 Å². The Balaban J connectivity index is 1.59. The minimum Gasteiger partial charge on any atom is -0.491 e. The van der Waals surface area contributed by atoms with Crippen LogP contribution in [0.1, 0.15) is 31.4 Å². The predicted octanol–water partition coefficient (Wildman–Crippen LogP) is 3.22. The van der Waals surface area contributed by atoms with Gasteiger partial charge < -0.3 is 9.64 Å². The van der Waals surface area contributed by atoms with Gasteiger partial charge in [0.1, 0.15) is 5.75 Å². The Labute approximate surface area is 160 Å². The van der Waals surface area contributed by atoms with Gasteiger partial charge in [-0.15, -0.1) is 0 Å². The molecule has 3 rings (SSSR count). The van der Waals surface area contributed by atoms with E-state index in [9.17, 15) is 13.2 Å². The molecule has 0 radical (unpaired) electrons. The summed E-state index contributed by atoms with van der Waals surface area (Å²) in [5, 5.41) is 0. The average molecular weight is 388 g/mol. The summed E-state index contributed by atoms with van der Waals surface area (Å²) in [6.45, 7) is 5.01. The van der Waals surface area contributed by atoms with Crippen molar-refractivity contribution in [2.24, 2.45) is 0 Å². The van der Waals surface area contributed by atoms with Gasteiger partial charge in [-0.3, -0.25) is 4.79 Å². The molecule has 6 heteroatoms. The third-order valence-corrected chi connectivity index (χ3v) is 6.35. The molecular weight excluding hydrogens is 362 g/mol. The van der Waals surface area contributed by atoms with E-state index in [0.717, 1.165) is 12.0 Å². The fourth-order valence-electron chi connectivity index (χ4n) is 3.20. The number of rotatable bonds is 6. The smallest absolute Gasteiger partial charge is 0.223 e. The van der Waals surface area contributed by atoms with Crippen LogP contribution in [-0.2, 0) is 27.6 Å². The third kappa shape index (κ3) is 4.89. The van der Waals surface area contributed by atoms with Gasteiger partial charge >= 0.3 is 0 Å². The molecule has 144 valence electrons. The number of amides is 1. The first-order chi connectivity index (χ1) is 12.8. The first kappa shape index (κ1) is 19.4. The second-order valence-electron chi connectivity index (χ2n) is 7.04. The van der Waals surface area contributed by atoms with E-state index in [4.69, 9.17) is 4.74 Å². The summed E-state index contributed by atoms with van der Waals surface area (Å²) in [7, 11) is -3.50. The maximum atomic E-state index is 12.5. The van der Waals surface area contributed by atoms with E-state index in [1.165, 1.54) is 17.7 Å². The van der Waals surface area contributed by atoms with Crippen molar-refractivity contribution >= 4 is 15.7 Å². The van der Waals surface area contributed by atoms with E-state index in [-0.39, 0.29) is 29.1 Å². The summed E-state index contributed by atoms with van der Waals surface area (Å²) >= 11 is 0. The van der Waals surface area contributed by atoms with Crippen LogP contribution in [0.5, 0.6) is 5.75 Å². The zero-order valence-corrected chi connectivity index (χ0v) is 16.5. The zero-order valence-electron chi connectivity index (χ0n) is 15.7. The van der Waals surface area contributed by atoms with Crippen LogP contribution in [0.4, 0.5) is 0 Å². The monoisotopic (exact) mass is 387 g/mol. The molecule has 1 aliphatic rings. The van der Waals surface area contributed by atoms with E-state index < -0.39 is 9.84 Å². The Morgan fingerprint density at radius 3 is 2.41 bits per heavy atom. The normalized spacial score (nSPS) is 14.1. The highest BCUT2D eigenvalue weighted by Crippen LogP contribution is 2.21. The van der Waals surface area contributed by atoms with Gasteiger partial charge in [0, 0.05) is 19.5 Å². The van der Waals surface area contributed by atoms with Crippen LogP contribution in [0.2, 0.25) is 0 Å². The Kier molecular flexibility index (Phi) is 5.85. The third-order valence-electron chi connectivity index (χ3n) is 4.62. The Hall–Kier alpha value is -2.34. The largest absolute Gasteiger partial charge is 0.491 e.